The summed E-state index contributed by atoms with van der Waals surface area (Å²) in [5.41, 5.74) is 1.94. The average molecular weight is 326 g/mol. The van der Waals surface area contributed by atoms with Crippen LogP contribution in [0.4, 0.5) is 5.69 Å². The second-order valence-corrected chi connectivity index (χ2v) is 5.78. The van der Waals surface area contributed by atoms with Crippen molar-refractivity contribution in [2.75, 3.05) is 13.2 Å². The van der Waals surface area contributed by atoms with Crippen LogP contribution >= 0.6 is 0 Å². The van der Waals surface area contributed by atoms with Crippen molar-refractivity contribution in [1.29, 1.82) is 0 Å². The minimum atomic E-state index is -0.432. The van der Waals surface area contributed by atoms with Crippen LogP contribution in [0.2, 0.25) is 0 Å². The molecular weight excluding hydrogens is 308 g/mol. The van der Waals surface area contributed by atoms with Gasteiger partial charge < -0.3 is 9.64 Å². The van der Waals surface area contributed by atoms with Crippen molar-refractivity contribution in [2.45, 2.75) is 19.1 Å². The van der Waals surface area contributed by atoms with E-state index in [1.165, 1.54) is 12.1 Å². The minimum Gasteiger partial charge on any atom is -0.362 e. The molecule has 6 nitrogen and oxygen atoms in total. The quantitative estimate of drug-likeness (QED) is 0.638. The maximum Gasteiger partial charge on any atom is 0.269 e. The fourth-order valence-corrected chi connectivity index (χ4v) is 2.89. The SMILES string of the molecule is C[C@@H](c1ccccc1)N1C[C@H](c2ccc([N+](=O)[O-])cc2)OCC1=O. The van der Waals surface area contributed by atoms with E-state index in [9.17, 15) is 14.9 Å². The van der Waals surface area contributed by atoms with Crippen LogP contribution in [0.25, 0.3) is 0 Å². The number of nitro benzene ring substituents is 1. The van der Waals surface area contributed by atoms with Gasteiger partial charge in [-0.3, -0.25) is 14.9 Å². The summed E-state index contributed by atoms with van der Waals surface area (Å²) in [6.45, 7) is 2.43. The van der Waals surface area contributed by atoms with Crippen molar-refractivity contribution in [3.8, 4) is 0 Å². The number of benzene rings is 2. The zero-order valence-electron chi connectivity index (χ0n) is 13.3. The maximum absolute atomic E-state index is 12.2. The number of morpholine rings is 1. The first-order valence-corrected chi connectivity index (χ1v) is 7.76. The second-order valence-electron chi connectivity index (χ2n) is 5.78. The molecule has 0 unspecified atom stereocenters. The van der Waals surface area contributed by atoms with Crippen LogP contribution in [-0.4, -0.2) is 28.9 Å². The molecule has 0 N–H and O–H groups in total. The van der Waals surface area contributed by atoms with Crippen LogP contribution < -0.4 is 0 Å². The number of hydrogen-bond donors (Lipinski definition) is 0. The molecule has 0 spiro atoms. The monoisotopic (exact) mass is 326 g/mol. The van der Waals surface area contributed by atoms with Crippen LogP contribution in [-0.2, 0) is 9.53 Å². The molecule has 0 aliphatic carbocycles. The molecule has 6 heteroatoms. The summed E-state index contributed by atoms with van der Waals surface area (Å²) in [5.74, 6) is -0.0514. The number of hydrogen-bond acceptors (Lipinski definition) is 4. The molecule has 2 aromatic rings. The highest BCUT2D eigenvalue weighted by molar-refractivity contribution is 5.78. The fraction of sp³-hybridized carbons (Fsp3) is 0.278. The number of rotatable bonds is 4. The van der Waals surface area contributed by atoms with Crippen molar-refractivity contribution in [1.82, 2.24) is 4.90 Å². The van der Waals surface area contributed by atoms with Gasteiger partial charge in [-0.25, -0.2) is 0 Å². The third-order valence-corrected chi connectivity index (χ3v) is 4.32. The van der Waals surface area contributed by atoms with Crippen molar-refractivity contribution in [3.63, 3.8) is 0 Å². The third kappa shape index (κ3) is 3.28. The van der Waals surface area contributed by atoms with E-state index in [1.54, 1.807) is 17.0 Å². The highest BCUT2D eigenvalue weighted by Gasteiger charge is 2.31. The standard InChI is InChI=1S/C18H18N2O4/c1-13(14-5-3-2-4-6-14)19-11-17(24-12-18(19)21)15-7-9-16(10-8-15)20(22)23/h2-10,13,17H,11-12H2,1H3/t13-,17+/m0/s1. The molecule has 1 fully saturated rings. The van der Waals surface area contributed by atoms with Crippen LogP contribution in [0.3, 0.4) is 0 Å². The van der Waals surface area contributed by atoms with Crippen LogP contribution in [0, 0.1) is 10.1 Å². The Morgan fingerprint density at radius 1 is 1.17 bits per heavy atom. The number of nitrogens with zero attached hydrogens (tertiary/aromatic N) is 2. The normalized spacial score (nSPS) is 19.1. The molecule has 0 bridgehead atoms. The molecule has 24 heavy (non-hydrogen) atoms. The topological polar surface area (TPSA) is 72.7 Å². The average Bonchev–Trinajstić information content (AvgIpc) is 2.62. The Bertz CT molecular complexity index is 730. The molecule has 1 aliphatic rings. The molecule has 1 heterocycles. The summed E-state index contributed by atoms with van der Waals surface area (Å²) >= 11 is 0. The molecule has 0 saturated carbocycles. The summed E-state index contributed by atoms with van der Waals surface area (Å²) in [7, 11) is 0. The number of ether oxygens (including phenoxy) is 1. The molecule has 2 aromatic carbocycles. The Morgan fingerprint density at radius 2 is 1.83 bits per heavy atom. The van der Waals surface area contributed by atoms with Gasteiger partial charge in [-0.05, 0) is 30.2 Å². The Morgan fingerprint density at radius 3 is 2.46 bits per heavy atom. The first-order valence-electron chi connectivity index (χ1n) is 7.76. The minimum absolute atomic E-state index is 0.0127. The van der Waals surface area contributed by atoms with Gasteiger partial charge >= 0.3 is 0 Å². The van der Waals surface area contributed by atoms with Gasteiger partial charge in [0, 0.05) is 12.1 Å². The van der Waals surface area contributed by atoms with Gasteiger partial charge in [-0.1, -0.05) is 30.3 Å². The van der Waals surface area contributed by atoms with Crippen molar-refractivity contribution in [3.05, 3.63) is 75.8 Å². The van der Waals surface area contributed by atoms with Gasteiger partial charge in [0.1, 0.15) is 12.7 Å². The van der Waals surface area contributed by atoms with E-state index in [4.69, 9.17) is 4.74 Å². The smallest absolute Gasteiger partial charge is 0.269 e. The molecule has 1 aliphatic heterocycles. The lowest BCUT2D eigenvalue weighted by Crippen LogP contribution is -2.44. The second kappa shape index (κ2) is 6.80. The van der Waals surface area contributed by atoms with Crippen LogP contribution in [0.5, 0.6) is 0 Å². The van der Waals surface area contributed by atoms with Crippen molar-refractivity contribution >= 4 is 11.6 Å². The predicted octanol–water partition coefficient (Wildman–Crippen LogP) is 3.26. The third-order valence-electron chi connectivity index (χ3n) is 4.32. The molecule has 0 aromatic heterocycles. The molecule has 2 atom stereocenters. The number of nitro groups is 1. The Kier molecular flexibility index (Phi) is 4.57. The lowest BCUT2D eigenvalue weighted by atomic mass is 10.0. The van der Waals surface area contributed by atoms with E-state index < -0.39 is 4.92 Å². The van der Waals surface area contributed by atoms with Crippen LogP contribution in [0.1, 0.15) is 30.2 Å². The summed E-state index contributed by atoms with van der Waals surface area (Å²) in [4.78, 5) is 24.4. The van der Waals surface area contributed by atoms with E-state index in [0.717, 1.165) is 11.1 Å². The van der Waals surface area contributed by atoms with E-state index in [0.29, 0.717) is 6.54 Å². The van der Waals surface area contributed by atoms with E-state index in [2.05, 4.69) is 0 Å². The van der Waals surface area contributed by atoms with E-state index >= 15 is 0 Å². The molecule has 1 saturated heterocycles. The highest BCUT2D eigenvalue weighted by Crippen LogP contribution is 2.29. The zero-order chi connectivity index (χ0) is 17.1. The lowest BCUT2D eigenvalue weighted by molar-refractivity contribution is -0.384. The fourth-order valence-electron chi connectivity index (χ4n) is 2.89. The first kappa shape index (κ1) is 16.1. The van der Waals surface area contributed by atoms with Gasteiger partial charge in [0.05, 0.1) is 17.5 Å². The molecule has 0 radical (unpaired) electrons. The zero-order valence-corrected chi connectivity index (χ0v) is 13.3. The number of carbonyl (C=O) groups excluding carboxylic acids is 1. The van der Waals surface area contributed by atoms with Crippen molar-refractivity contribution < 1.29 is 14.5 Å². The summed E-state index contributed by atoms with van der Waals surface area (Å²) in [6.07, 6.45) is -0.283. The predicted molar refractivity (Wildman–Crippen MR) is 88.4 cm³/mol. The number of carbonyl (C=O) groups is 1. The maximum atomic E-state index is 12.2. The largest absolute Gasteiger partial charge is 0.362 e. The van der Waals surface area contributed by atoms with E-state index in [-0.39, 0.29) is 30.3 Å². The summed E-state index contributed by atoms with van der Waals surface area (Å²) in [5, 5.41) is 10.8. The summed E-state index contributed by atoms with van der Waals surface area (Å²) < 4.78 is 5.63. The van der Waals surface area contributed by atoms with Gasteiger partial charge in [-0.2, -0.15) is 0 Å². The van der Waals surface area contributed by atoms with Gasteiger partial charge in [-0.15, -0.1) is 0 Å². The number of non-ortho nitro benzene ring substituents is 1. The lowest BCUT2D eigenvalue weighted by Gasteiger charge is -2.37. The van der Waals surface area contributed by atoms with Gasteiger partial charge in [0.15, 0.2) is 0 Å². The number of amides is 1. The van der Waals surface area contributed by atoms with Crippen LogP contribution in [0.15, 0.2) is 54.6 Å². The van der Waals surface area contributed by atoms with Crippen molar-refractivity contribution in [2.24, 2.45) is 0 Å². The Hall–Kier alpha value is -2.73. The Labute approximate surface area is 139 Å². The highest BCUT2D eigenvalue weighted by atomic mass is 16.6. The molecule has 3 rings (SSSR count). The van der Waals surface area contributed by atoms with E-state index in [1.807, 2.05) is 37.3 Å². The molecular formula is C18H18N2O4. The first-order chi connectivity index (χ1) is 11.6. The molecule has 1 amide bonds. The van der Waals surface area contributed by atoms with Gasteiger partial charge in [0.25, 0.3) is 5.69 Å². The molecule has 124 valence electrons. The Balaban J connectivity index is 1.78. The van der Waals surface area contributed by atoms with Gasteiger partial charge in [0.2, 0.25) is 5.91 Å². The summed E-state index contributed by atoms with van der Waals surface area (Å²) in [6, 6.07) is 16.1.